The Labute approximate surface area is 119 Å². The van der Waals surface area contributed by atoms with E-state index in [1.807, 2.05) is 0 Å². The standard InChI is InChI=1S/C16H17BrSi/c1-13(14-9-11-15(17)12-10-14)18(2,3)16-7-5-4-6-8-16/h4-12H,1H2,2-3H3. The quantitative estimate of drug-likeness (QED) is 0.725. The predicted octanol–water partition coefficient (Wildman–Crippen LogP) is 4.62. The molecule has 2 heteroatoms. The molecule has 0 radical (unpaired) electrons. The van der Waals surface area contributed by atoms with Crippen molar-refractivity contribution in [2.45, 2.75) is 13.1 Å². The summed E-state index contributed by atoms with van der Waals surface area (Å²) in [5, 5.41) is 2.71. The molecule has 0 saturated heterocycles. The van der Waals surface area contributed by atoms with Gasteiger partial charge in [0.15, 0.2) is 0 Å². The van der Waals surface area contributed by atoms with Crippen molar-refractivity contribution in [1.29, 1.82) is 0 Å². The number of rotatable bonds is 3. The summed E-state index contributed by atoms with van der Waals surface area (Å²) in [6.45, 7) is 9.06. The molecule has 0 amide bonds. The molecule has 0 aromatic heterocycles. The van der Waals surface area contributed by atoms with Crippen molar-refractivity contribution in [1.82, 2.24) is 0 Å². The second-order valence-corrected chi connectivity index (χ2v) is 10.3. The van der Waals surface area contributed by atoms with Crippen LogP contribution >= 0.6 is 15.9 Å². The van der Waals surface area contributed by atoms with Crippen LogP contribution in [0, 0.1) is 0 Å². The number of benzene rings is 2. The van der Waals surface area contributed by atoms with E-state index >= 15 is 0 Å². The molecule has 18 heavy (non-hydrogen) atoms. The average Bonchev–Trinajstić information content (AvgIpc) is 2.40. The van der Waals surface area contributed by atoms with Crippen molar-refractivity contribution >= 4 is 34.4 Å². The van der Waals surface area contributed by atoms with Gasteiger partial charge in [0, 0.05) is 4.47 Å². The molecule has 0 bridgehead atoms. The van der Waals surface area contributed by atoms with Gasteiger partial charge in [-0.1, -0.05) is 88.5 Å². The van der Waals surface area contributed by atoms with Gasteiger partial charge in [-0.15, -0.1) is 0 Å². The Kier molecular flexibility index (Phi) is 3.88. The van der Waals surface area contributed by atoms with E-state index in [4.69, 9.17) is 0 Å². The van der Waals surface area contributed by atoms with E-state index in [0.29, 0.717) is 0 Å². The fourth-order valence-corrected chi connectivity index (χ4v) is 4.57. The molecule has 0 atom stereocenters. The third-order valence-corrected chi connectivity index (χ3v) is 7.55. The summed E-state index contributed by atoms with van der Waals surface area (Å²) in [4.78, 5) is 0. The van der Waals surface area contributed by atoms with Gasteiger partial charge in [0.1, 0.15) is 8.07 Å². The molecule has 0 spiro atoms. The number of hydrogen-bond donors (Lipinski definition) is 0. The first-order chi connectivity index (χ1) is 8.51. The van der Waals surface area contributed by atoms with Crippen LogP contribution in [0.3, 0.4) is 0 Å². The van der Waals surface area contributed by atoms with E-state index in [0.717, 1.165) is 4.47 Å². The van der Waals surface area contributed by atoms with Crippen LogP contribution in [0.1, 0.15) is 5.56 Å². The smallest absolute Gasteiger partial charge is 0.0988 e. The van der Waals surface area contributed by atoms with E-state index in [2.05, 4.69) is 90.2 Å². The van der Waals surface area contributed by atoms with Gasteiger partial charge >= 0.3 is 0 Å². The Bertz CT molecular complexity index is 541. The van der Waals surface area contributed by atoms with Crippen LogP contribution in [-0.4, -0.2) is 8.07 Å². The first-order valence-electron chi connectivity index (χ1n) is 6.02. The Hall–Kier alpha value is -1.12. The van der Waals surface area contributed by atoms with Gasteiger partial charge in [-0.05, 0) is 17.7 Å². The largest absolute Gasteiger partial charge is 0.112 e. The molecular weight excluding hydrogens is 300 g/mol. The molecule has 0 aliphatic heterocycles. The average molecular weight is 317 g/mol. The highest BCUT2D eigenvalue weighted by Crippen LogP contribution is 2.25. The normalized spacial score (nSPS) is 11.3. The summed E-state index contributed by atoms with van der Waals surface area (Å²) < 4.78 is 1.11. The minimum Gasteiger partial charge on any atom is -0.0988 e. The van der Waals surface area contributed by atoms with Crippen molar-refractivity contribution in [3.63, 3.8) is 0 Å². The summed E-state index contributed by atoms with van der Waals surface area (Å²) in [6.07, 6.45) is 0. The third-order valence-electron chi connectivity index (χ3n) is 3.44. The van der Waals surface area contributed by atoms with E-state index in [1.54, 1.807) is 0 Å². The number of hydrogen-bond acceptors (Lipinski definition) is 0. The summed E-state index contributed by atoms with van der Waals surface area (Å²) >= 11 is 3.47. The lowest BCUT2D eigenvalue weighted by Crippen LogP contribution is -2.42. The zero-order valence-electron chi connectivity index (χ0n) is 10.8. The Morgan fingerprint density at radius 3 is 2.06 bits per heavy atom. The molecule has 2 aromatic rings. The summed E-state index contributed by atoms with van der Waals surface area (Å²) in [7, 11) is -1.65. The lowest BCUT2D eigenvalue weighted by Gasteiger charge is -2.26. The molecule has 0 fully saturated rings. The Morgan fingerprint density at radius 1 is 0.944 bits per heavy atom. The molecule has 92 valence electrons. The summed E-state index contributed by atoms with van der Waals surface area (Å²) in [5.74, 6) is 0. The second kappa shape index (κ2) is 5.25. The highest BCUT2D eigenvalue weighted by Gasteiger charge is 2.27. The minimum absolute atomic E-state index is 1.11. The fraction of sp³-hybridized carbons (Fsp3) is 0.125. The summed E-state index contributed by atoms with van der Waals surface area (Å²) in [6, 6.07) is 19.2. The molecule has 0 aliphatic carbocycles. The Balaban J connectivity index is 2.36. The van der Waals surface area contributed by atoms with Crippen LogP contribution in [0.25, 0.3) is 5.20 Å². The molecule has 2 rings (SSSR count). The van der Waals surface area contributed by atoms with Gasteiger partial charge in [0.25, 0.3) is 0 Å². The molecule has 2 aromatic carbocycles. The number of halogens is 1. The zero-order valence-corrected chi connectivity index (χ0v) is 13.4. The highest BCUT2D eigenvalue weighted by atomic mass is 79.9. The Morgan fingerprint density at radius 2 is 1.50 bits per heavy atom. The van der Waals surface area contributed by atoms with Gasteiger partial charge in [0.05, 0.1) is 0 Å². The van der Waals surface area contributed by atoms with Gasteiger partial charge in [-0.25, -0.2) is 0 Å². The fourth-order valence-electron chi connectivity index (χ4n) is 2.04. The van der Waals surface area contributed by atoms with Crippen LogP contribution < -0.4 is 5.19 Å². The van der Waals surface area contributed by atoms with E-state index in [-0.39, 0.29) is 0 Å². The molecule has 0 aliphatic rings. The first kappa shape index (κ1) is 13.3. The second-order valence-electron chi connectivity index (χ2n) is 4.98. The van der Waals surface area contributed by atoms with E-state index < -0.39 is 8.07 Å². The highest BCUT2D eigenvalue weighted by molar-refractivity contribution is 9.10. The van der Waals surface area contributed by atoms with Crippen LogP contribution in [0.15, 0.2) is 65.6 Å². The monoisotopic (exact) mass is 316 g/mol. The maximum absolute atomic E-state index is 4.35. The van der Waals surface area contributed by atoms with Crippen molar-refractivity contribution in [3.8, 4) is 0 Å². The molecule has 0 nitrogen and oxygen atoms in total. The molecule has 0 N–H and O–H groups in total. The van der Waals surface area contributed by atoms with Gasteiger partial charge < -0.3 is 0 Å². The third kappa shape index (κ3) is 2.65. The van der Waals surface area contributed by atoms with Crippen molar-refractivity contribution in [3.05, 3.63) is 71.2 Å². The van der Waals surface area contributed by atoms with Gasteiger partial charge in [0.2, 0.25) is 0 Å². The molecule has 0 saturated carbocycles. The summed E-state index contributed by atoms with van der Waals surface area (Å²) in [5.41, 5.74) is 1.25. The topological polar surface area (TPSA) is 0 Å². The maximum atomic E-state index is 4.35. The lowest BCUT2D eigenvalue weighted by molar-refractivity contribution is 1.59. The van der Waals surface area contributed by atoms with Crippen LogP contribution in [0.2, 0.25) is 13.1 Å². The van der Waals surface area contributed by atoms with Crippen molar-refractivity contribution in [2.24, 2.45) is 0 Å². The van der Waals surface area contributed by atoms with Gasteiger partial charge in [-0.3, -0.25) is 0 Å². The zero-order chi connectivity index (χ0) is 13.2. The molecule has 0 heterocycles. The van der Waals surface area contributed by atoms with Crippen LogP contribution in [0.5, 0.6) is 0 Å². The molecule has 0 unspecified atom stereocenters. The lowest BCUT2D eigenvalue weighted by atomic mass is 10.2. The van der Waals surface area contributed by atoms with Gasteiger partial charge in [-0.2, -0.15) is 0 Å². The van der Waals surface area contributed by atoms with Crippen molar-refractivity contribution in [2.75, 3.05) is 0 Å². The SMILES string of the molecule is C=C(c1ccc(Br)cc1)[Si](C)(C)c1ccccc1. The predicted molar refractivity (Wildman–Crippen MR) is 86.7 cm³/mol. The van der Waals surface area contributed by atoms with E-state index in [9.17, 15) is 0 Å². The van der Waals surface area contributed by atoms with E-state index in [1.165, 1.54) is 15.9 Å². The minimum atomic E-state index is -1.65. The first-order valence-corrected chi connectivity index (χ1v) is 9.82. The maximum Gasteiger partial charge on any atom is 0.112 e. The molecular formula is C16H17BrSi. The van der Waals surface area contributed by atoms with Crippen molar-refractivity contribution < 1.29 is 0 Å². The van der Waals surface area contributed by atoms with Crippen LogP contribution in [-0.2, 0) is 0 Å². The van der Waals surface area contributed by atoms with Crippen LogP contribution in [0.4, 0.5) is 0 Å².